The quantitative estimate of drug-likeness (QED) is 0.311. The molecule has 5 nitrogen and oxygen atoms in total. The first-order valence-corrected chi connectivity index (χ1v) is 7.89. The summed E-state index contributed by atoms with van der Waals surface area (Å²) in [7, 11) is -4.25. The van der Waals surface area contributed by atoms with Crippen molar-refractivity contribution in [1.82, 2.24) is 0 Å². The summed E-state index contributed by atoms with van der Waals surface area (Å²) in [5.74, 6) is -0.397. The van der Waals surface area contributed by atoms with Gasteiger partial charge in [0.1, 0.15) is 5.75 Å². The molecule has 1 aromatic carbocycles. The van der Waals surface area contributed by atoms with E-state index in [1.165, 1.54) is 25.3 Å². The molecule has 0 aliphatic carbocycles. The first-order valence-electron chi connectivity index (χ1n) is 6.48. The standard InChI is InChI=1S/C14H17F3O5S/c1-4-5-12-8-11(9-21-10(2)20-3)6-7-13(12)22-23(18,19)14(15,16)17/h4,6-8,10H,1,5,9H2,2-3H3. The van der Waals surface area contributed by atoms with E-state index in [2.05, 4.69) is 10.8 Å². The zero-order valence-corrected chi connectivity index (χ0v) is 13.4. The lowest BCUT2D eigenvalue weighted by Gasteiger charge is -2.15. The van der Waals surface area contributed by atoms with E-state index in [1.807, 2.05) is 0 Å². The van der Waals surface area contributed by atoms with Gasteiger partial charge in [-0.3, -0.25) is 0 Å². The van der Waals surface area contributed by atoms with E-state index in [1.54, 1.807) is 6.92 Å². The van der Waals surface area contributed by atoms with Gasteiger partial charge < -0.3 is 13.7 Å². The van der Waals surface area contributed by atoms with Crippen LogP contribution in [-0.2, 0) is 32.6 Å². The van der Waals surface area contributed by atoms with Crippen molar-refractivity contribution >= 4 is 10.1 Å². The van der Waals surface area contributed by atoms with Crippen molar-refractivity contribution < 1.29 is 35.2 Å². The van der Waals surface area contributed by atoms with Crippen molar-refractivity contribution in [2.75, 3.05) is 7.11 Å². The minimum atomic E-state index is -5.72. The van der Waals surface area contributed by atoms with Gasteiger partial charge >= 0.3 is 15.6 Å². The van der Waals surface area contributed by atoms with Crippen LogP contribution in [0.1, 0.15) is 18.1 Å². The van der Waals surface area contributed by atoms with Crippen LogP contribution in [0.3, 0.4) is 0 Å². The number of halogens is 3. The maximum atomic E-state index is 12.4. The summed E-state index contributed by atoms with van der Waals surface area (Å²) in [5, 5.41) is 0. The number of alkyl halides is 3. The fourth-order valence-corrected chi connectivity index (χ4v) is 2.06. The third-order valence-corrected chi connectivity index (χ3v) is 3.75. The summed E-state index contributed by atoms with van der Waals surface area (Å²) in [6.07, 6.45) is 1.10. The number of allylic oxidation sites excluding steroid dienone is 1. The number of hydrogen-bond acceptors (Lipinski definition) is 5. The number of benzene rings is 1. The second kappa shape index (κ2) is 7.80. The Kier molecular flexibility index (Phi) is 6.60. The molecule has 0 N–H and O–H groups in total. The third kappa shape index (κ3) is 5.52. The Morgan fingerprint density at radius 1 is 1.35 bits per heavy atom. The first-order chi connectivity index (χ1) is 10.6. The number of methoxy groups -OCH3 is 1. The van der Waals surface area contributed by atoms with Crippen LogP contribution in [0.5, 0.6) is 5.75 Å². The van der Waals surface area contributed by atoms with Gasteiger partial charge in [0, 0.05) is 12.7 Å². The highest BCUT2D eigenvalue weighted by Crippen LogP contribution is 2.30. The monoisotopic (exact) mass is 354 g/mol. The number of rotatable bonds is 8. The second-order valence-electron chi connectivity index (χ2n) is 4.53. The summed E-state index contributed by atoms with van der Waals surface area (Å²) in [6.45, 7) is 5.30. The van der Waals surface area contributed by atoms with Gasteiger partial charge in [0.15, 0.2) is 6.29 Å². The van der Waals surface area contributed by atoms with Crippen LogP contribution in [0, 0.1) is 0 Å². The maximum absolute atomic E-state index is 12.4. The molecule has 1 unspecified atom stereocenters. The highest BCUT2D eigenvalue weighted by Gasteiger charge is 2.48. The van der Waals surface area contributed by atoms with Gasteiger partial charge in [-0.05, 0) is 31.0 Å². The Morgan fingerprint density at radius 3 is 2.52 bits per heavy atom. The zero-order valence-electron chi connectivity index (χ0n) is 12.6. The Bertz CT molecular complexity index is 640. The van der Waals surface area contributed by atoms with Crippen LogP contribution in [0.4, 0.5) is 13.2 Å². The molecule has 0 bridgehead atoms. The molecule has 1 atom stereocenters. The van der Waals surface area contributed by atoms with Gasteiger partial charge in [-0.15, -0.1) is 6.58 Å². The van der Waals surface area contributed by atoms with Gasteiger partial charge in [0.25, 0.3) is 0 Å². The fraction of sp³-hybridized carbons (Fsp3) is 0.429. The van der Waals surface area contributed by atoms with Crippen molar-refractivity contribution in [3.05, 3.63) is 42.0 Å². The highest BCUT2D eigenvalue weighted by molar-refractivity contribution is 7.88. The van der Waals surface area contributed by atoms with Crippen molar-refractivity contribution in [3.8, 4) is 5.75 Å². The predicted molar refractivity (Wildman–Crippen MR) is 77.2 cm³/mol. The summed E-state index contributed by atoms with van der Waals surface area (Å²) in [5.41, 5.74) is -4.62. The van der Waals surface area contributed by atoms with Crippen molar-refractivity contribution in [2.24, 2.45) is 0 Å². The van der Waals surface area contributed by atoms with E-state index in [0.29, 0.717) is 5.56 Å². The SMILES string of the molecule is C=CCc1cc(COC(C)OC)ccc1OS(=O)(=O)C(F)(F)F. The molecule has 0 amide bonds. The van der Waals surface area contributed by atoms with Crippen LogP contribution in [0.25, 0.3) is 0 Å². The first kappa shape index (κ1) is 19.5. The lowest BCUT2D eigenvalue weighted by molar-refractivity contribution is -0.118. The van der Waals surface area contributed by atoms with E-state index in [4.69, 9.17) is 9.47 Å². The highest BCUT2D eigenvalue weighted by atomic mass is 32.2. The second-order valence-corrected chi connectivity index (χ2v) is 6.07. The van der Waals surface area contributed by atoms with Gasteiger partial charge in [-0.1, -0.05) is 12.1 Å². The Morgan fingerprint density at radius 2 is 2.00 bits per heavy atom. The molecule has 0 fully saturated rings. The van der Waals surface area contributed by atoms with Crippen LogP contribution in [0.15, 0.2) is 30.9 Å². The molecule has 0 heterocycles. The average Bonchev–Trinajstić information content (AvgIpc) is 2.46. The number of hydrogen-bond donors (Lipinski definition) is 0. The average molecular weight is 354 g/mol. The van der Waals surface area contributed by atoms with Gasteiger partial charge in [-0.25, -0.2) is 0 Å². The molecule has 23 heavy (non-hydrogen) atoms. The minimum absolute atomic E-state index is 0.135. The molecule has 1 rings (SSSR count). The Balaban J connectivity index is 3.03. The normalized spacial score (nSPS) is 13.6. The Labute approximate surface area is 132 Å². The van der Waals surface area contributed by atoms with Crippen molar-refractivity contribution in [1.29, 1.82) is 0 Å². The molecule has 0 aliphatic rings. The molecule has 1 aromatic rings. The topological polar surface area (TPSA) is 61.8 Å². The molecule has 9 heteroatoms. The van der Waals surface area contributed by atoms with Crippen molar-refractivity contribution in [2.45, 2.75) is 31.7 Å². The third-order valence-electron chi connectivity index (χ3n) is 2.79. The molecule has 0 saturated carbocycles. The van der Waals surface area contributed by atoms with Crippen LogP contribution < -0.4 is 4.18 Å². The summed E-state index contributed by atoms with van der Waals surface area (Å²) >= 11 is 0. The Hall–Kier alpha value is -1.58. The molecule has 0 radical (unpaired) electrons. The minimum Gasteiger partial charge on any atom is -0.376 e. The molecule has 130 valence electrons. The van der Waals surface area contributed by atoms with Gasteiger partial charge in [-0.2, -0.15) is 21.6 Å². The summed E-state index contributed by atoms with van der Waals surface area (Å²) in [4.78, 5) is 0. The largest absolute Gasteiger partial charge is 0.534 e. The van der Waals surface area contributed by atoms with Crippen molar-refractivity contribution in [3.63, 3.8) is 0 Å². The van der Waals surface area contributed by atoms with Crippen LogP contribution in [-0.4, -0.2) is 27.3 Å². The summed E-state index contributed by atoms with van der Waals surface area (Å²) < 4.78 is 73.8. The fourth-order valence-electron chi connectivity index (χ4n) is 1.57. The summed E-state index contributed by atoms with van der Waals surface area (Å²) in [6, 6.07) is 4.06. The molecule has 0 saturated heterocycles. The molecule has 0 aliphatic heterocycles. The van der Waals surface area contributed by atoms with Crippen LogP contribution >= 0.6 is 0 Å². The predicted octanol–water partition coefficient (Wildman–Crippen LogP) is 3.15. The maximum Gasteiger partial charge on any atom is 0.534 e. The molecular weight excluding hydrogens is 337 g/mol. The zero-order chi connectivity index (χ0) is 17.7. The lowest BCUT2D eigenvalue weighted by Crippen LogP contribution is -2.28. The molecule has 0 aromatic heterocycles. The van der Waals surface area contributed by atoms with Gasteiger partial charge in [0.05, 0.1) is 6.61 Å². The van der Waals surface area contributed by atoms with Crippen LogP contribution in [0.2, 0.25) is 0 Å². The molecule has 0 spiro atoms. The van der Waals surface area contributed by atoms with E-state index >= 15 is 0 Å². The van der Waals surface area contributed by atoms with E-state index < -0.39 is 27.7 Å². The number of ether oxygens (including phenoxy) is 2. The smallest absolute Gasteiger partial charge is 0.376 e. The molecular formula is C14H17F3O5S. The van der Waals surface area contributed by atoms with E-state index in [0.717, 1.165) is 6.07 Å². The van der Waals surface area contributed by atoms with E-state index in [9.17, 15) is 21.6 Å². The lowest BCUT2D eigenvalue weighted by atomic mass is 10.1. The van der Waals surface area contributed by atoms with E-state index in [-0.39, 0.29) is 18.6 Å². The van der Waals surface area contributed by atoms with Gasteiger partial charge in [0.2, 0.25) is 0 Å².